The number of thiazole rings is 1. The van der Waals surface area contributed by atoms with Crippen LogP contribution >= 0.6 is 22.9 Å². The monoisotopic (exact) mass is 303 g/mol. The van der Waals surface area contributed by atoms with Gasteiger partial charge in [0.25, 0.3) is 0 Å². The molecule has 20 heavy (non-hydrogen) atoms. The van der Waals surface area contributed by atoms with Crippen molar-refractivity contribution in [3.8, 4) is 6.07 Å². The van der Waals surface area contributed by atoms with Gasteiger partial charge in [-0.15, -0.1) is 0 Å². The van der Waals surface area contributed by atoms with Gasteiger partial charge in [-0.1, -0.05) is 22.9 Å². The molecule has 0 aliphatic heterocycles. The molecule has 0 aliphatic rings. The van der Waals surface area contributed by atoms with Gasteiger partial charge in [-0.25, -0.2) is 9.37 Å². The van der Waals surface area contributed by atoms with Crippen LogP contribution in [0.1, 0.15) is 5.56 Å². The lowest BCUT2D eigenvalue weighted by atomic mass is 10.2. The molecule has 0 saturated heterocycles. The van der Waals surface area contributed by atoms with Crippen molar-refractivity contribution >= 4 is 44.0 Å². The molecule has 0 amide bonds. The van der Waals surface area contributed by atoms with Crippen molar-refractivity contribution in [1.82, 2.24) is 4.98 Å². The lowest BCUT2D eigenvalue weighted by Crippen LogP contribution is -1.93. The van der Waals surface area contributed by atoms with E-state index < -0.39 is 5.82 Å². The Balaban J connectivity index is 1.99. The number of hydrogen-bond acceptors (Lipinski definition) is 4. The molecule has 0 fully saturated rings. The molecule has 0 spiro atoms. The highest BCUT2D eigenvalue weighted by Crippen LogP contribution is 2.31. The van der Waals surface area contributed by atoms with Gasteiger partial charge in [0.1, 0.15) is 11.9 Å². The Bertz CT molecular complexity index is 838. The second-order valence-electron chi connectivity index (χ2n) is 4.06. The quantitative estimate of drug-likeness (QED) is 0.746. The first-order valence-corrected chi connectivity index (χ1v) is 6.88. The minimum Gasteiger partial charge on any atom is -0.330 e. The van der Waals surface area contributed by atoms with Gasteiger partial charge in [-0.05, 0) is 36.4 Å². The Kier molecular flexibility index (Phi) is 3.26. The lowest BCUT2D eigenvalue weighted by molar-refractivity contribution is 0.627. The summed E-state index contributed by atoms with van der Waals surface area (Å²) in [6.07, 6.45) is 0. The molecular formula is C14H7ClFN3S. The van der Waals surface area contributed by atoms with Crippen LogP contribution in [0.2, 0.25) is 5.02 Å². The van der Waals surface area contributed by atoms with Gasteiger partial charge in [0.15, 0.2) is 5.13 Å². The Hall–Kier alpha value is -2.16. The molecule has 3 nitrogen and oxygen atoms in total. The lowest BCUT2D eigenvalue weighted by Gasteiger charge is -2.04. The van der Waals surface area contributed by atoms with E-state index in [0.717, 1.165) is 10.2 Å². The zero-order valence-corrected chi connectivity index (χ0v) is 11.6. The third kappa shape index (κ3) is 2.44. The van der Waals surface area contributed by atoms with Crippen LogP contribution in [0, 0.1) is 17.1 Å². The van der Waals surface area contributed by atoms with Crippen LogP contribution in [-0.4, -0.2) is 4.98 Å². The first-order chi connectivity index (χ1) is 9.65. The number of nitrogens with zero attached hydrogens (tertiary/aromatic N) is 2. The molecule has 1 N–H and O–H groups in total. The predicted octanol–water partition coefficient (Wildman–Crippen LogP) is 4.70. The van der Waals surface area contributed by atoms with Gasteiger partial charge in [0, 0.05) is 5.02 Å². The van der Waals surface area contributed by atoms with Crippen molar-refractivity contribution in [2.24, 2.45) is 0 Å². The summed E-state index contributed by atoms with van der Waals surface area (Å²) in [6.45, 7) is 0. The highest BCUT2D eigenvalue weighted by Gasteiger charge is 2.08. The molecule has 0 unspecified atom stereocenters. The molecule has 6 heteroatoms. The van der Waals surface area contributed by atoms with Crippen LogP contribution in [0.25, 0.3) is 10.2 Å². The van der Waals surface area contributed by atoms with E-state index >= 15 is 0 Å². The van der Waals surface area contributed by atoms with Crippen molar-refractivity contribution in [2.75, 3.05) is 5.32 Å². The van der Waals surface area contributed by atoms with Gasteiger partial charge in [0.2, 0.25) is 0 Å². The Morgan fingerprint density at radius 3 is 2.90 bits per heavy atom. The molecule has 0 bridgehead atoms. The topological polar surface area (TPSA) is 48.7 Å². The molecule has 0 aliphatic carbocycles. The fourth-order valence-corrected chi connectivity index (χ4v) is 2.94. The van der Waals surface area contributed by atoms with Crippen molar-refractivity contribution in [1.29, 1.82) is 5.26 Å². The molecule has 98 valence electrons. The van der Waals surface area contributed by atoms with E-state index in [2.05, 4.69) is 10.3 Å². The summed E-state index contributed by atoms with van der Waals surface area (Å²) < 4.78 is 14.0. The fourth-order valence-electron chi connectivity index (χ4n) is 1.79. The second-order valence-corrected chi connectivity index (χ2v) is 5.52. The molecule has 0 atom stereocenters. The number of halogens is 2. The highest BCUT2D eigenvalue weighted by molar-refractivity contribution is 7.22. The number of anilines is 2. The molecule has 3 rings (SSSR count). The van der Waals surface area contributed by atoms with Crippen molar-refractivity contribution in [2.45, 2.75) is 0 Å². The van der Waals surface area contributed by atoms with Gasteiger partial charge >= 0.3 is 0 Å². The van der Waals surface area contributed by atoms with Crippen molar-refractivity contribution in [3.05, 3.63) is 52.8 Å². The predicted molar refractivity (Wildman–Crippen MR) is 79.0 cm³/mol. The number of rotatable bonds is 2. The highest BCUT2D eigenvalue weighted by atomic mass is 35.5. The average Bonchev–Trinajstić information content (AvgIpc) is 2.82. The van der Waals surface area contributed by atoms with Crippen LogP contribution in [-0.2, 0) is 0 Å². The average molecular weight is 304 g/mol. The minimum absolute atomic E-state index is 0.238. The number of benzene rings is 2. The van der Waals surface area contributed by atoms with Gasteiger partial charge in [-0.2, -0.15) is 5.26 Å². The van der Waals surface area contributed by atoms with Gasteiger partial charge in [-0.3, -0.25) is 0 Å². The SMILES string of the molecule is N#Cc1cc(F)ccc1Nc1nc2ccc(Cl)cc2s1. The van der Waals surface area contributed by atoms with E-state index in [4.69, 9.17) is 16.9 Å². The normalized spacial score (nSPS) is 10.4. The van der Waals surface area contributed by atoms with E-state index in [0.29, 0.717) is 15.8 Å². The first kappa shape index (κ1) is 12.9. The number of nitrogens with one attached hydrogen (secondary N) is 1. The van der Waals surface area contributed by atoms with Crippen molar-refractivity contribution < 1.29 is 4.39 Å². The number of hydrogen-bond donors (Lipinski definition) is 1. The minimum atomic E-state index is -0.441. The number of nitriles is 1. The van der Waals surface area contributed by atoms with Gasteiger partial charge in [0.05, 0.1) is 21.5 Å². The summed E-state index contributed by atoms with van der Waals surface area (Å²) in [4.78, 5) is 4.39. The number of fused-ring (bicyclic) bond motifs is 1. The molecule has 0 saturated carbocycles. The number of aromatic nitrogens is 1. The molecule has 3 aromatic rings. The summed E-state index contributed by atoms with van der Waals surface area (Å²) in [5.41, 5.74) is 1.59. The summed E-state index contributed by atoms with van der Waals surface area (Å²) in [6, 6.07) is 11.4. The Morgan fingerprint density at radius 2 is 2.10 bits per heavy atom. The zero-order valence-electron chi connectivity index (χ0n) is 10.0. The molecule has 1 aromatic heterocycles. The maximum absolute atomic E-state index is 13.1. The zero-order chi connectivity index (χ0) is 14.1. The molecule has 2 aromatic carbocycles. The third-order valence-electron chi connectivity index (χ3n) is 2.69. The van der Waals surface area contributed by atoms with E-state index in [9.17, 15) is 4.39 Å². The summed E-state index contributed by atoms with van der Waals surface area (Å²) in [5.74, 6) is -0.441. The third-order valence-corrected chi connectivity index (χ3v) is 3.86. The maximum atomic E-state index is 13.1. The van der Waals surface area contributed by atoms with Crippen LogP contribution < -0.4 is 5.32 Å². The Morgan fingerprint density at radius 1 is 1.25 bits per heavy atom. The van der Waals surface area contributed by atoms with Crippen LogP contribution in [0.15, 0.2) is 36.4 Å². The van der Waals surface area contributed by atoms with Gasteiger partial charge < -0.3 is 5.32 Å². The maximum Gasteiger partial charge on any atom is 0.188 e. The standard InChI is InChI=1S/C14H7ClFN3S/c15-9-1-3-12-13(6-9)20-14(19-12)18-11-4-2-10(16)5-8(11)7-17/h1-6H,(H,18,19). The van der Waals surface area contributed by atoms with Crippen LogP contribution in [0.5, 0.6) is 0 Å². The first-order valence-electron chi connectivity index (χ1n) is 5.68. The van der Waals surface area contributed by atoms with Crippen LogP contribution in [0.3, 0.4) is 0 Å². The van der Waals surface area contributed by atoms with Crippen molar-refractivity contribution in [3.63, 3.8) is 0 Å². The van der Waals surface area contributed by atoms with Crippen LogP contribution in [0.4, 0.5) is 15.2 Å². The summed E-state index contributed by atoms with van der Waals surface area (Å²) in [5, 5.41) is 13.3. The second kappa shape index (κ2) is 5.08. The molecular weight excluding hydrogens is 297 g/mol. The largest absolute Gasteiger partial charge is 0.330 e. The fraction of sp³-hybridized carbons (Fsp3) is 0. The van der Waals surface area contributed by atoms with E-state index in [1.165, 1.54) is 29.5 Å². The summed E-state index contributed by atoms with van der Waals surface area (Å²) >= 11 is 7.35. The Labute approximate surface area is 123 Å². The van der Waals surface area contributed by atoms with E-state index in [1.54, 1.807) is 6.07 Å². The van der Waals surface area contributed by atoms with E-state index in [1.807, 2.05) is 18.2 Å². The molecule has 1 heterocycles. The van der Waals surface area contributed by atoms with E-state index in [-0.39, 0.29) is 5.56 Å². The summed E-state index contributed by atoms with van der Waals surface area (Å²) in [7, 11) is 0. The molecule has 0 radical (unpaired) electrons. The smallest absolute Gasteiger partial charge is 0.188 e.